The highest BCUT2D eigenvalue weighted by Crippen LogP contribution is 2.14. The fourth-order valence-corrected chi connectivity index (χ4v) is 2.21. The molecule has 3 nitrogen and oxygen atoms in total. The summed E-state index contributed by atoms with van der Waals surface area (Å²) >= 11 is 0. The van der Waals surface area contributed by atoms with Crippen molar-refractivity contribution in [3.8, 4) is 0 Å². The van der Waals surface area contributed by atoms with Gasteiger partial charge in [-0.05, 0) is 18.4 Å². The van der Waals surface area contributed by atoms with Crippen molar-refractivity contribution in [1.29, 1.82) is 0 Å². The van der Waals surface area contributed by atoms with E-state index in [2.05, 4.69) is 29.2 Å². The zero-order valence-electron chi connectivity index (χ0n) is 10.3. The van der Waals surface area contributed by atoms with Crippen LogP contribution in [0.3, 0.4) is 0 Å². The number of ether oxygens (including phenoxy) is 1. The van der Waals surface area contributed by atoms with Gasteiger partial charge in [0, 0.05) is 32.3 Å². The lowest BCUT2D eigenvalue weighted by Crippen LogP contribution is -2.29. The highest BCUT2D eigenvalue weighted by molar-refractivity contribution is 5.18. The monoisotopic (exact) mass is 234 g/mol. The summed E-state index contributed by atoms with van der Waals surface area (Å²) in [6.45, 7) is 5.02. The summed E-state index contributed by atoms with van der Waals surface area (Å²) in [5.41, 5.74) is 7.43. The van der Waals surface area contributed by atoms with E-state index in [-0.39, 0.29) is 6.04 Å². The molecule has 1 heterocycles. The van der Waals surface area contributed by atoms with Crippen molar-refractivity contribution in [2.45, 2.75) is 18.9 Å². The Morgan fingerprint density at radius 3 is 2.82 bits per heavy atom. The van der Waals surface area contributed by atoms with Crippen LogP contribution in [0, 0.1) is 0 Å². The maximum atomic E-state index is 6.19. The Bertz CT molecular complexity index is 307. The highest BCUT2D eigenvalue weighted by atomic mass is 16.5. The summed E-state index contributed by atoms with van der Waals surface area (Å²) in [5.74, 6) is 0. The molecule has 1 atom stereocenters. The third-order valence-corrected chi connectivity index (χ3v) is 3.30. The van der Waals surface area contributed by atoms with Gasteiger partial charge in [0.15, 0.2) is 0 Å². The summed E-state index contributed by atoms with van der Waals surface area (Å²) < 4.78 is 5.44. The fraction of sp³-hybridized carbons (Fsp3) is 0.571. The quantitative estimate of drug-likeness (QED) is 0.863. The van der Waals surface area contributed by atoms with E-state index in [0.29, 0.717) is 0 Å². The Labute approximate surface area is 104 Å². The van der Waals surface area contributed by atoms with Crippen molar-refractivity contribution in [2.75, 3.05) is 32.8 Å². The molecule has 0 bridgehead atoms. The Balaban J connectivity index is 1.77. The molecule has 0 amide bonds. The molecular formula is C14H22N2O. The van der Waals surface area contributed by atoms with Crippen LogP contribution in [0.15, 0.2) is 30.3 Å². The molecule has 94 valence electrons. The first-order valence-electron chi connectivity index (χ1n) is 6.47. The van der Waals surface area contributed by atoms with Crippen LogP contribution in [-0.2, 0) is 4.74 Å². The van der Waals surface area contributed by atoms with Gasteiger partial charge in [0.1, 0.15) is 0 Å². The largest absolute Gasteiger partial charge is 0.380 e. The van der Waals surface area contributed by atoms with E-state index in [1.54, 1.807) is 0 Å². The second kappa shape index (κ2) is 6.74. The molecule has 1 aromatic rings. The predicted molar refractivity (Wildman–Crippen MR) is 69.9 cm³/mol. The summed E-state index contributed by atoms with van der Waals surface area (Å²) in [6, 6.07) is 10.5. The van der Waals surface area contributed by atoms with E-state index >= 15 is 0 Å². The standard InChI is InChI=1S/C14H22N2O/c15-14(13-5-2-1-3-6-13)7-9-16-8-4-11-17-12-10-16/h1-3,5-6,14H,4,7-12,15H2. The van der Waals surface area contributed by atoms with Gasteiger partial charge in [-0.3, -0.25) is 0 Å². The van der Waals surface area contributed by atoms with Gasteiger partial charge in [-0.25, -0.2) is 0 Å². The minimum absolute atomic E-state index is 0.153. The summed E-state index contributed by atoms with van der Waals surface area (Å²) in [5, 5.41) is 0. The molecule has 0 aromatic heterocycles. The predicted octanol–water partition coefficient (Wildman–Crippen LogP) is 1.80. The number of nitrogens with two attached hydrogens (primary N) is 1. The van der Waals surface area contributed by atoms with Crippen molar-refractivity contribution in [3.05, 3.63) is 35.9 Å². The van der Waals surface area contributed by atoms with E-state index < -0.39 is 0 Å². The minimum Gasteiger partial charge on any atom is -0.380 e. The molecule has 1 aliphatic rings. The van der Waals surface area contributed by atoms with Crippen LogP contribution >= 0.6 is 0 Å². The van der Waals surface area contributed by atoms with Crippen molar-refractivity contribution in [2.24, 2.45) is 5.73 Å². The minimum atomic E-state index is 0.153. The van der Waals surface area contributed by atoms with Crippen LogP contribution in [0.1, 0.15) is 24.4 Å². The molecule has 0 aliphatic carbocycles. The second-order valence-electron chi connectivity index (χ2n) is 4.61. The Kier molecular flexibility index (Phi) is 4.98. The Morgan fingerprint density at radius 2 is 2.00 bits per heavy atom. The van der Waals surface area contributed by atoms with Crippen LogP contribution in [0.5, 0.6) is 0 Å². The zero-order valence-corrected chi connectivity index (χ0v) is 10.3. The van der Waals surface area contributed by atoms with Gasteiger partial charge in [0.25, 0.3) is 0 Å². The first kappa shape index (κ1) is 12.6. The van der Waals surface area contributed by atoms with E-state index in [1.165, 1.54) is 5.56 Å². The number of benzene rings is 1. The Morgan fingerprint density at radius 1 is 1.18 bits per heavy atom. The molecule has 17 heavy (non-hydrogen) atoms. The smallest absolute Gasteiger partial charge is 0.0593 e. The van der Waals surface area contributed by atoms with Crippen molar-refractivity contribution < 1.29 is 4.74 Å². The average molecular weight is 234 g/mol. The van der Waals surface area contributed by atoms with E-state index in [9.17, 15) is 0 Å². The van der Waals surface area contributed by atoms with E-state index in [0.717, 1.165) is 45.7 Å². The lowest BCUT2D eigenvalue weighted by molar-refractivity contribution is 0.141. The van der Waals surface area contributed by atoms with Crippen LogP contribution < -0.4 is 5.73 Å². The van der Waals surface area contributed by atoms with E-state index in [1.807, 2.05) is 6.07 Å². The lowest BCUT2D eigenvalue weighted by Gasteiger charge is -2.21. The zero-order chi connectivity index (χ0) is 11.9. The van der Waals surface area contributed by atoms with Crippen LogP contribution in [0.25, 0.3) is 0 Å². The molecule has 1 saturated heterocycles. The molecule has 0 radical (unpaired) electrons. The second-order valence-corrected chi connectivity index (χ2v) is 4.61. The summed E-state index contributed by atoms with van der Waals surface area (Å²) in [4.78, 5) is 2.45. The van der Waals surface area contributed by atoms with Gasteiger partial charge in [0.05, 0.1) is 6.61 Å². The highest BCUT2D eigenvalue weighted by Gasteiger charge is 2.11. The third-order valence-electron chi connectivity index (χ3n) is 3.30. The fourth-order valence-electron chi connectivity index (χ4n) is 2.21. The number of rotatable bonds is 4. The first-order chi connectivity index (χ1) is 8.36. The normalized spacial score (nSPS) is 19.8. The molecule has 0 spiro atoms. The lowest BCUT2D eigenvalue weighted by atomic mass is 10.0. The summed E-state index contributed by atoms with van der Waals surface area (Å²) in [7, 11) is 0. The molecule has 3 heteroatoms. The van der Waals surface area contributed by atoms with Gasteiger partial charge in [-0.2, -0.15) is 0 Å². The molecule has 0 saturated carbocycles. The topological polar surface area (TPSA) is 38.5 Å². The number of nitrogens with zero attached hydrogens (tertiary/aromatic N) is 1. The molecule has 1 unspecified atom stereocenters. The van der Waals surface area contributed by atoms with Crippen LogP contribution in [-0.4, -0.2) is 37.7 Å². The molecule has 1 aliphatic heterocycles. The SMILES string of the molecule is NC(CCN1CCCOCC1)c1ccccc1. The average Bonchev–Trinajstić information content (AvgIpc) is 2.65. The van der Waals surface area contributed by atoms with Gasteiger partial charge in [-0.15, -0.1) is 0 Å². The van der Waals surface area contributed by atoms with Crippen LogP contribution in [0.2, 0.25) is 0 Å². The van der Waals surface area contributed by atoms with Gasteiger partial charge in [0.2, 0.25) is 0 Å². The Hall–Kier alpha value is -0.900. The third kappa shape index (κ3) is 4.11. The number of hydrogen-bond acceptors (Lipinski definition) is 3. The van der Waals surface area contributed by atoms with Crippen molar-refractivity contribution >= 4 is 0 Å². The molecule has 2 rings (SSSR count). The molecule has 1 fully saturated rings. The first-order valence-corrected chi connectivity index (χ1v) is 6.47. The van der Waals surface area contributed by atoms with Gasteiger partial charge in [-0.1, -0.05) is 30.3 Å². The maximum Gasteiger partial charge on any atom is 0.0593 e. The van der Waals surface area contributed by atoms with Crippen molar-refractivity contribution in [1.82, 2.24) is 4.90 Å². The maximum absolute atomic E-state index is 6.19. The van der Waals surface area contributed by atoms with Gasteiger partial charge < -0.3 is 15.4 Å². The molecular weight excluding hydrogens is 212 g/mol. The summed E-state index contributed by atoms with van der Waals surface area (Å²) in [6.07, 6.45) is 2.16. The van der Waals surface area contributed by atoms with Crippen LogP contribution in [0.4, 0.5) is 0 Å². The van der Waals surface area contributed by atoms with Gasteiger partial charge >= 0.3 is 0 Å². The number of hydrogen-bond donors (Lipinski definition) is 1. The van der Waals surface area contributed by atoms with Crippen molar-refractivity contribution in [3.63, 3.8) is 0 Å². The molecule has 2 N–H and O–H groups in total. The molecule has 1 aromatic carbocycles. The van der Waals surface area contributed by atoms with E-state index in [4.69, 9.17) is 10.5 Å².